The summed E-state index contributed by atoms with van der Waals surface area (Å²) in [6.07, 6.45) is 0. The molecule has 4 aromatic rings. The lowest BCUT2D eigenvalue weighted by atomic mass is 9.87. The first-order valence-corrected chi connectivity index (χ1v) is 8.99. The van der Waals surface area contributed by atoms with Crippen molar-refractivity contribution in [1.29, 1.82) is 0 Å². The number of carbonyl (C=O) groups is 1. The van der Waals surface area contributed by atoms with Crippen molar-refractivity contribution in [3.63, 3.8) is 0 Å². The zero-order valence-corrected chi connectivity index (χ0v) is 15.7. The maximum absolute atomic E-state index is 12.6. The summed E-state index contributed by atoms with van der Waals surface area (Å²) < 4.78 is 0. The summed E-state index contributed by atoms with van der Waals surface area (Å²) in [5, 5.41) is 2.95. The third-order valence-corrected chi connectivity index (χ3v) is 4.61. The first-order valence-electron chi connectivity index (χ1n) is 8.99. The van der Waals surface area contributed by atoms with E-state index >= 15 is 0 Å². The van der Waals surface area contributed by atoms with Crippen molar-refractivity contribution >= 4 is 33.7 Å². The number of para-hydroxylation sites is 2. The minimum Gasteiger partial charge on any atom is -0.322 e. The molecule has 3 aromatic carbocycles. The Bertz CT molecular complexity index is 1140. The van der Waals surface area contributed by atoms with Crippen molar-refractivity contribution in [2.45, 2.75) is 26.2 Å². The normalized spacial score (nSPS) is 11.7. The van der Waals surface area contributed by atoms with Crippen LogP contribution in [0.2, 0.25) is 0 Å². The van der Waals surface area contributed by atoms with Gasteiger partial charge in [-0.2, -0.15) is 0 Å². The number of nitrogens with zero attached hydrogens (tertiary/aromatic N) is 2. The van der Waals surface area contributed by atoms with Crippen molar-refractivity contribution in [3.8, 4) is 0 Å². The van der Waals surface area contributed by atoms with Crippen molar-refractivity contribution < 1.29 is 4.79 Å². The second kappa shape index (κ2) is 6.47. The van der Waals surface area contributed by atoms with E-state index in [4.69, 9.17) is 0 Å². The quantitative estimate of drug-likeness (QED) is 0.494. The Balaban J connectivity index is 1.61. The van der Waals surface area contributed by atoms with Crippen molar-refractivity contribution in [2.24, 2.45) is 0 Å². The Morgan fingerprint density at radius 3 is 2.00 bits per heavy atom. The number of nitrogens with one attached hydrogen (secondary N) is 1. The highest BCUT2D eigenvalue weighted by atomic mass is 16.1. The van der Waals surface area contributed by atoms with Gasteiger partial charge in [0.15, 0.2) is 0 Å². The molecule has 1 N–H and O–H groups in total. The molecule has 0 radical (unpaired) electrons. The number of rotatable bonds is 2. The van der Waals surface area contributed by atoms with Gasteiger partial charge in [0, 0.05) is 11.3 Å². The molecule has 0 unspecified atom stereocenters. The Labute approximate surface area is 158 Å². The lowest BCUT2D eigenvalue weighted by Gasteiger charge is -2.19. The summed E-state index contributed by atoms with van der Waals surface area (Å²) in [6.45, 7) is 6.50. The topological polar surface area (TPSA) is 54.9 Å². The Morgan fingerprint density at radius 1 is 0.778 bits per heavy atom. The second-order valence-electron chi connectivity index (χ2n) is 7.70. The summed E-state index contributed by atoms with van der Waals surface area (Å²) in [7, 11) is 0. The van der Waals surface area contributed by atoms with E-state index in [1.165, 1.54) is 5.56 Å². The molecule has 4 rings (SSSR count). The minimum atomic E-state index is -0.157. The van der Waals surface area contributed by atoms with Gasteiger partial charge in [0.2, 0.25) is 0 Å². The molecule has 0 bridgehead atoms. The minimum absolute atomic E-state index is 0.0856. The third-order valence-electron chi connectivity index (χ3n) is 4.61. The predicted octanol–water partition coefficient (Wildman–Crippen LogP) is 5.33. The summed E-state index contributed by atoms with van der Waals surface area (Å²) in [6, 6.07) is 21.1. The molecule has 0 spiro atoms. The summed E-state index contributed by atoms with van der Waals surface area (Å²) in [5.41, 5.74) is 5.81. The Morgan fingerprint density at radius 2 is 1.37 bits per heavy atom. The summed E-state index contributed by atoms with van der Waals surface area (Å²) in [5.74, 6) is -0.157. The molecule has 0 atom stereocenters. The maximum atomic E-state index is 12.6. The average molecular weight is 355 g/mol. The standard InChI is InChI=1S/C23H21N3O/c1-23(2,3)16-9-11-17(12-10-16)24-22(27)15-8-13-20-21(14-15)26-19-7-5-4-6-18(19)25-20/h4-14H,1-3H3,(H,24,27). The molecule has 4 nitrogen and oxygen atoms in total. The van der Waals surface area contributed by atoms with Gasteiger partial charge < -0.3 is 5.32 Å². The van der Waals surface area contributed by atoms with Crippen LogP contribution in [0.3, 0.4) is 0 Å². The van der Waals surface area contributed by atoms with Gasteiger partial charge in [0.1, 0.15) is 0 Å². The molecule has 0 saturated carbocycles. The average Bonchev–Trinajstić information content (AvgIpc) is 2.65. The molecule has 0 fully saturated rings. The fourth-order valence-electron chi connectivity index (χ4n) is 3.02. The molecular formula is C23H21N3O. The largest absolute Gasteiger partial charge is 0.322 e. The first-order chi connectivity index (χ1) is 12.9. The van der Waals surface area contributed by atoms with Gasteiger partial charge in [-0.25, -0.2) is 9.97 Å². The van der Waals surface area contributed by atoms with E-state index in [0.717, 1.165) is 22.2 Å². The van der Waals surface area contributed by atoms with E-state index in [9.17, 15) is 4.79 Å². The van der Waals surface area contributed by atoms with Crippen LogP contribution in [0.1, 0.15) is 36.7 Å². The van der Waals surface area contributed by atoms with Crippen molar-refractivity contribution in [3.05, 3.63) is 77.9 Å². The van der Waals surface area contributed by atoms with Gasteiger partial charge in [-0.3, -0.25) is 4.79 Å². The predicted molar refractivity (Wildman–Crippen MR) is 110 cm³/mol. The van der Waals surface area contributed by atoms with Crippen molar-refractivity contribution in [2.75, 3.05) is 5.32 Å². The fourth-order valence-corrected chi connectivity index (χ4v) is 3.02. The highest BCUT2D eigenvalue weighted by Crippen LogP contribution is 2.24. The van der Waals surface area contributed by atoms with E-state index in [0.29, 0.717) is 11.1 Å². The molecule has 4 heteroatoms. The van der Waals surface area contributed by atoms with Gasteiger partial charge in [0.05, 0.1) is 22.1 Å². The van der Waals surface area contributed by atoms with Crippen molar-refractivity contribution in [1.82, 2.24) is 9.97 Å². The van der Waals surface area contributed by atoms with E-state index in [2.05, 4.69) is 36.1 Å². The smallest absolute Gasteiger partial charge is 0.255 e. The molecule has 0 saturated heterocycles. The van der Waals surface area contributed by atoms with Gasteiger partial charge >= 0.3 is 0 Å². The molecule has 1 aromatic heterocycles. The van der Waals surface area contributed by atoms with E-state index in [1.807, 2.05) is 54.6 Å². The van der Waals surface area contributed by atoms with Gasteiger partial charge in [-0.1, -0.05) is 45.0 Å². The van der Waals surface area contributed by atoms with E-state index < -0.39 is 0 Å². The number of benzene rings is 3. The molecular weight excluding hydrogens is 334 g/mol. The fraction of sp³-hybridized carbons (Fsp3) is 0.174. The lowest BCUT2D eigenvalue weighted by molar-refractivity contribution is 0.102. The Kier molecular flexibility index (Phi) is 4.11. The molecule has 1 amide bonds. The second-order valence-corrected chi connectivity index (χ2v) is 7.70. The summed E-state index contributed by atoms with van der Waals surface area (Å²) >= 11 is 0. The van der Waals surface area contributed by atoms with Crippen LogP contribution in [0.25, 0.3) is 22.1 Å². The van der Waals surface area contributed by atoms with E-state index in [1.54, 1.807) is 12.1 Å². The van der Waals surface area contributed by atoms with Crippen LogP contribution in [-0.4, -0.2) is 15.9 Å². The number of aromatic nitrogens is 2. The Hall–Kier alpha value is -3.27. The number of hydrogen-bond acceptors (Lipinski definition) is 3. The van der Waals surface area contributed by atoms with Gasteiger partial charge in [-0.15, -0.1) is 0 Å². The van der Waals surface area contributed by atoms with Crippen LogP contribution >= 0.6 is 0 Å². The molecule has 0 aliphatic rings. The number of amides is 1. The number of anilines is 1. The highest BCUT2D eigenvalue weighted by molar-refractivity contribution is 6.06. The van der Waals surface area contributed by atoms with Gasteiger partial charge in [0.25, 0.3) is 5.91 Å². The van der Waals surface area contributed by atoms with Gasteiger partial charge in [-0.05, 0) is 53.4 Å². The zero-order valence-electron chi connectivity index (χ0n) is 15.7. The lowest BCUT2D eigenvalue weighted by Crippen LogP contribution is -2.13. The molecule has 134 valence electrons. The number of fused-ring (bicyclic) bond motifs is 2. The SMILES string of the molecule is CC(C)(C)c1ccc(NC(=O)c2ccc3nc4ccccc4nc3c2)cc1. The third kappa shape index (κ3) is 3.51. The maximum Gasteiger partial charge on any atom is 0.255 e. The molecule has 1 heterocycles. The first kappa shape index (κ1) is 17.2. The van der Waals surface area contributed by atoms with E-state index in [-0.39, 0.29) is 11.3 Å². The molecule has 0 aliphatic carbocycles. The monoisotopic (exact) mass is 355 g/mol. The summed E-state index contributed by atoms with van der Waals surface area (Å²) in [4.78, 5) is 21.9. The van der Waals surface area contributed by atoms with Crippen LogP contribution in [0.4, 0.5) is 5.69 Å². The van der Waals surface area contributed by atoms with Crippen LogP contribution in [0.15, 0.2) is 66.7 Å². The molecule has 27 heavy (non-hydrogen) atoms. The zero-order chi connectivity index (χ0) is 19.0. The number of carbonyl (C=O) groups excluding carboxylic acids is 1. The molecule has 0 aliphatic heterocycles. The van der Waals surface area contributed by atoms with Crippen LogP contribution in [0, 0.1) is 0 Å². The highest BCUT2D eigenvalue weighted by Gasteiger charge is 2.14. The van der Waals surface area contributed by atoms with Crippen LogP contribution in [-0.2, 0) is 5.41 Å². The van der Waals surface area contributed by atoms with Crippen LogP contribution in [0.5, 0.6) is 0 Å². The van der Waals surface area contributed by atoms with Crippen LogP contribution < -0.4 is 5.32 Å². The number of hydrogen-bond donors (Lipinski definition) is 1.